The fraction of sp³-hybridized carbons (Fsp3) is 0. The van der Waals surface area contributed by atoms with Gasteiger partial charge >= 0.3 is 0 Å². The maximum Gasteiger partial charge on any atom is 0.123 e. The molecule has 4 heteroatoms. The molecule has 0 atom stereocenters. The highest BCUT2D eigenvalue weighted by molar-refractivity contribution is 5.83. The standard InChI is InChI=1S/C8H8N2O2/c9-7-3-1-6(5-10-7)2-4-8(11)12/h1-5H,(H2,9,10)(H,11,12)/p-1/b4-2+. The summed E-state index contributed by atoms with van der Waals surface area (Å²) in [5.41, 5.74) is 5.99. The number of aromatic nitrogens is 1. The molecular weight excluding hydrogens is 156 g/mol. The molecule has 1 rings (SSSR count). The lowest BCUT2D eigenvalue weighted by Gasteiger charge is -1.94. The molecule has 0 radical (unpaired) electrons. The summed E-state index contributed by atoms with van der Waals surface area (Å²) in [5.74, 6) is -0.826. The maximum absolute atomic E-state index is 10.00. The lowest BCUT2D eigenvalue weighted by atomic mass is 10.2. The van der Waals surface area contributed by atoms with Crippen molar-refractivity contribution in [2.75, 3.05) is 5.73 Å². The van der Waals surface area contributed by atoms with Gasteiger partial charge in [0, 0.05) is 6.20 Å². The van der Waals surface area contributed by atoms with Crippen LogP contribution in [0.2, 0.25) is 0 Å². The molecule has 0 fully saturated rings. The number of carbonyl (C=O) groups excluding carboxylic acids is 1. The third kappa shape index (κ3) is 2.42. The smallest absolute Gasteiger partial charge is 0.123 e. The summed E-state index contributed by atoms with van der Waals surface area (Å²) < 4.78 is 0. The molecule has 1 aromatic heterocycles. The van der Waals surface area contributed by atoms with Crippen LogP contribution in [-0.2, 0) is 4.79 Å². The van der Waals surface area contributed by atoms with Gasteiger partial charge in [0.1, 0.15) is 5.82 Å². The summed E-state index contributed by atoms with van der Waals surface area (Å²) in [6.45, 7) is 0. The third-order valence-electron chi connectivity index (χ3n) is 1.22. The van der Waals surface area contributed by atoms with Crippen LogP contribution in [0.4, 0.5) is 5.82 Å². The Hall–Kier alpha value is -1.84. The summed E-state index contributed by atoms with van der Waals surface area (Å²) in [4.78, 5) is 13.8. The molecule has 0 spiro atoms. The third-order valence-corrected chi connectivity index (χ3v) is 1.22. The molecule has 2 N–H and O–H groups in total. The first-order valence-corrected chi connectivity index (χ1v) is 3.29. The number of hydrogen-bond donors (Lipinski definition) is 1. The van der Waals surface area contributed by atoms with Crippen LogP contribution in [0.15, 0.2) is 24.4 Å². The minimum Gasteiger partial charge on any atom is -0.545 e. The second-order valence-corrected chi connectivity index (χ2v) is 2.17. The molecule has 0 aromatic carbocycles. The number of nitrogens with two attached hydrogens (primary N) is 1. The van der Waals surface area contributed by atoms with Crippen molar-refractivity contribution in [2.45, 2.75) is 0 Å². The number of pyridine rings is 1. The van der Waals surface area contributed by atoms with E-state index in [1.165, 1.54) is 12.3 Å². The zero-order valence-electron chi connectivity index (χ0n) is 6.23. The molecule has 1 aromatic rings. The summed E-state index contributed by atoms with van der Waals surface area (Å²) >= 11 is 0. The van der Waals surface area contributed by atoms with Crippen molar-refractivity contribution in [3.8, 4) is 0 Å². The van der Waals surface area contributed by atoms with Crippen molar-refractivity contribution in [3.63, 3.8) is 0 Å². The van der Waals surface area contributed by atoms with E-state index in [0.29, 0.717) is 11.4 Å². The quantitative estimate of drug-likeness (QED) is 0.592. The van der Waals surface area contributed by atoms with Gasteiger partial charge in [0.15, 0.2) is 0 Å². The van der Waals surface area contributed by atoms with E-state index in [9.17, 15) is 9.90 Å². The molecular formula is C8H7N2O2-. The molecule has 1 heterocycles. The molecule has 0 saturated heterocycles. The lowest BCUT2D eigenvalue weighted by Crippen LogP contribution is -2.18. The number of aliphatic carboxylic acids is 1. The van der Waals surface area contributed by atoms with Crippen LogP contribution in [-0.4, -0.2) is 11.0 Å². The van der Waals surface area contributed by atoms with E-state index in [1.807, 2.05) is 0 Å². The van der Waals surface area contributed by atoms with Crippen LogP contribution in [0.3, 0.4) is 0 Å². The largest absolute Gasteiger partial charge is 0.545 e. The van der Waals surface area contributed by atoms with Gasteiger partial charge in [-0.05, 0) is 23.8 Å². The second kappa shape index (κ2) is 3.52. The molecule has 4 nitrogen and oxygen atoms in total. The fourth-order valence-corrected chi connectivity index (χ4v) is 0.680. The number of carboxylic acids is 1. The van der Waals surface area contributed by atoms with Crippen molar-refractivity contribution in [3.05, 3.63) is 30.0 Å². The molecule has 0 saturated carbocycles. The molecule has 0 amide bonds. The summed E-state index contributed by atoms with van der Waals surface area (Å²) in [5, 5.41) is 10.00. The topological polar surface area (TPSA) is 79.0 Å². The Kier molecular flexibility index (Phi) is 2.42. The number of nitrogens with zero attached hydrogens (tertiary/aromatic N) is 1. The van der Waals surface area contributed by atoms with Gasteiger partial charge in [0.25, 0.3) is 0 Å². The predicted octanol–water partition coefficient (Wildman–Crippen LogP) is -0.573. The van der Waals surface area contributed by atoms with Crippen molar-refractivity contribution in [1.82, 2.24) is 4.98 Å². The molecule has 0 aliphatic rings. The first-order valence-electron chi connectivity index (χ1n) is 3.29. The molecule has 0 bridgehead atoms. The van der Waals surface area contributed by atoms with Crippen LogP contribution < -0.4 is 10.8 Å². The van der Waals surface area contributed by atoms with Gasteiger partial charge in [-0.3, -0.25) is 0 Å². The highest BCUT2D eigenvalue weighted by atomic mass is 16.4. The van der Waals surface area contributed by atoms with Crippen molar-refractivity contribution >= 4 is 17.9 Å². The molecule has 62 valence electrons. The highest BCUT2D eigenvalue weighted by Crippen LogP contribution is 2.02. The number of carbonyl (C=O) groups is 1. The Bertz CT molecular complexity index is 303. The van der Waals surface area contributed by atoms with Crippen LogP contribution >= 0.6 is 0 Å². The minimum absolute atomic E-state index is 0.403. The number of rotatable bonds is 2. The molecule has 0 unspecified atom stereocenters. The van der Waals surface area contributed by atoms with Crippen LogP contribution in [0.25, 0.3) is 6.08 Å². The zero-order valence-corrected chi connectivity index (χ0v) is 6.23. The van der Waals surface area contributed by atoms with Gasteiger partial charge in [-0.2, -0.15) is 0 Å². The van der Waals surface area contributed by atoms with Gasteiger partial charge in [-0.1, -0.05) is 6.08 Å². The SMILES string of the molecule is Nc1ccc(/C=C/C(=O)[O-])cn1. The van der Waals surface area contributed by atoms with E-state index in [2.05, 4.69) is 4.98 Å². The van der Waals surface area contributed by atoms with E-state index in [0.717, 1.165) is 6.08 Å². The van der Waals surface area contributed by atoms with Gasteiger partial charge in [-0.25, -0.2) is 4.98 Å². The van der Waals surface area contributed by atoms with Gasteiger partial charge in [-0.15, -0.1) is 0 Å². The summed E-state index contributed by atoms with van der Waals surface area (Å²) in [7, 11) is 0. The van der Waals surface area contributed by atoms with E-state index < -0.39 is 5.97 Å². The lowest BCUT2D eigenvalue weighted by molar-refractivity contribution is -0.297. The monoisotopic (exact) mass is 163 g/mol. The van der Waals surface area contributed by atoms with E-state index in [-0.39, 0.29) is 0 Å². The Morgan fingerprint density at radius 1 is 1.58 bits per heavy atom. The Labute approximate surface area is 69.4 Å². The Balaban J connectivity index is 2.77. The van der Waals surface area contributed by atoms with E-state index in [1.54, 1.807) is 12.1 Å². The zero-order chi connectivity index (χ0) is 8.97. The predicted molar refractivity (Wildman–Crippen MR) is 42.7 cm³/mol. The van der Waals surface area contributed by atoms with Gasteiger partial charge < -0.3 is 15.6 Å². The van der Waals surface area contributed by atoms with Crippen molar-refractivity contribution in [1.29, 1.82) is 0 Å². The fourth-order valence-electron chi connectivity index (χ4n) is 0.680. The summed E-state index contributed by atoms with van der Waals surface area (Å²) in [6.07, 6.45) is 3.81. The van der Waals surface area contributed by atoms with E-state index >= 15 is 0 Å². The second-order valence-electron chi connectivity index (χ2n) is 2.17. The first-order chi connectivity index (χ1) is 5.68. The molecule has 12 heavy (non-hydrogen) atoms. The Morgan fingerprint density at radius 3 is 2.83 bits per heavy atom. The normalized spacial score (nSPS) is 10.3. The molecule has 0 aliphatic heterocycles. The van der Waals surface area contributed by atoms with Crippen molar-refractivity contribution in [2.24, 2.45) is 0 Å². The summed E-state index contributed by atoms with van der Waals surface area (Å²) in [6, 6.07) is 3.26. The highest BCUT2D eigenvalue weighted by Gasteiger charge is 1.86. The number of nitrogen functional groups attached to an aromatic ring is 1. The average Bonchev–Trinajstić information content (AvgIpc) is 2.03. The first kappa shape index (κ1) is 8.26. The van der Waals surface area contributed by atoms with Gasteiger partial charge in [0.05, 0.1) is 5.97 Å². The molecule has 0 aliphatic carbocycles. The number of anilines is 1. The minimum atomic E-state index is -1.23. The van der Waals surface area contributed by atoms with Crippen LogP contribution in [0, 0.1) is 0 Å². The van der Waals surface area contributed by atoms with E-state index in [4.69, 9.17) is 5.73 Å². The van der Waals surface area contributed by atoms with Crippen LogP contribution in [0.5, 0.6) is 0 Å². The average molecular weight is 163 g/mol. The van der Waals surface area contributed by atoms with Crippen LogP contribution in [0.1, 0.15) is 5.56 Å². The number of hydrogen-bond acceptors (Lipinski definition) is 4. The Morgan fingerprint density at radius 2 is 2.33 bits per heavy atom. The number of carboxylic acid groups (broad SMARTS) is 1. The maximum atomic E-state index is 10.00. The van der Waals surface area contributed by atoms with Crippen molar-refractivity contribution < 1.29 is 9.90 Å². The van der Waals surface area contributed by atoms with Gasteiger partial charge in [0.2, 0.25) is 0 Å².